The zero-order valence-corrected chi connectivity index (χ0v) is 10.2. The van der Waals surface area contributed by atoms with Gasteiger partial charge in [0.2, 0.25) is 0 Å². The number of anilines is 1. The molecule has 0 aliphatic heterocycles. The Morgan fingerprint density at radius 1 is 1.44 bits per heavy atom. The van der Waals surface area contributed by atoms with Crippen molar-refractivity contribution in [1.29, 1.82) is 0 Å². The highest BCUT2D eigenvalue weighted by Gasteiger charge is 2.20. The fraction of sp³-hybridized carbons (Fsp3) is 0.200. The average Bonchev–Trinajstić information content (AvgIpc) is 2.58. The standard InChI is InChI=1S/C10H11BrN4O/c1-15-8(10(11)13-14-15)9(16)6-4-2-3-5-7(6)12/h2-5,9,16H,12H2,1H3. The Balaban J connectivity index is 2.47. The summed E-state index contributed by atoms with van der Waals surface area (Å²) in [5, 5.41) is 17.8. The molecule has 1 aromatic carbocycles. The highest BCUT2D eigenvalue weighted by molar-refractivity contribution is 9.10. The molecule has 1 aromatic heterocycles. The Hall–Kier alpha value is -1.40. The Labute approximate surface area is 101 Å². The van der Waals surface area contributed by atoms with Crippen LogP contribution in [-0.4, -0.2) is 20.1 Å². The fourth-order valence-electron chi connectivity index (χ4n) is 1.54. The van der Waals surface area contributed by atoms with Gasteiger partial charge in [-0.15, -0.1) is 5.10 Å². The van der Waals surface area contributed by atoms with Gasteiger partial charge in [0, 0.05) is 18.3 Å². The summed E-state index contributed by atoms with van der Waals surface area (Å²) in [5.74, 6) is 0. The molecule has 2 aromatic rings. The largest absolute Gasteiger partial charge is 0.398 e. The molecule has 0 amide bonds. The molecule has 0 fully saturated rings. The maximum absolute atomic E-state index is 10.2. The first-order valence-electron chi connectivity index (χ1n) is 4.68. The highest BCUT2D eigenvalue weighted by Crippen LogP contribution is 2.29. The number of hydrogen-bond donors (Lipinski definition) is 2. The van der Waals surface area contributed by atoms with Crippen molar-refractivity contribution in [3.8, 4) is 0 Å². The predicted octanol–water partition coefficient (Wildman–Crippen LogP) is 1.24. The second-order valence-electron chi connectivity index (χ2n) is 3.42. The van der Waals surface area contributed by atoms with Crippen molar-refractivity contribution in [3.05, 3.63) is 40.1 Å². The number of benzene rings is 1. The molecule has 16 heavy (non-hydrogen) atoms. The van der Waals surface area contributed by atoms with Gasteiger partial charge in [0.15, 0.2) is 4.60 Å². The van der Waals surface area contributed by atoms with E-state index >= 15 is 0 Å². The molecule has 5 nitrogen and oxygen atoms in total. The number of aliphatic hydroxyl groups excluding tert-OH is 1. The van der Waals surface area contributed by atoms with Crippen molar-refractivity contribution >= 4 is 21.6 Å². The third-order valence-corrected chi connectivity index (χ3v) is 2.94. The molecule has 0 saturated heterocycles. The minimum Gasteiger partial charge on any atom is -0.398 e. The normalized spacial score (nSPS) is 12.7. The molecular weight excluding hydrogens is 272 g/mol. The van der Waals surface area contributed by atoms with Crippen LogP contribution in [0.2, 0.25) is 0 Å². The van der Waals surface area contributed by atoms with E-state index in [9.17, 15) is 5.11 Å². The average molecular weight is 283 g/mol. The minimum atomic E-state index is -0.837. The van der Waals surface area contributed by atoms with Gasteiger partial charge in [-0.3, -0.25) is 0 Å². The first kappa shape index (κ1) is 11.1. The van der Waals surface area contributed by atoms with E-state index in [-0.39, 0.29) is 0 Å². The van der Waals surface area contributed by atoms with Crippen molar-refractivity contribution in [2.75, 3.05) is 5.73 Å². The first-order chi connectivity index (χ1) is 7.61. The summed E-state index contributed by atoms with van der Waals surface area (Å²) in [6.45, 7) is 0. The summed E-state index contributed by atoms with van der Waals surface area (Å²) >= 11 is 3.24. The minimum absolute atomic E-state index is 0.519. The van der Waals surface area contributed by atoms with Crippen LogP contribution in [0.15, 0.2) is 28.9 Å². The van der Waals surface area contributed by atoms with Crippen LogP contribution in [0, 0.1) is 0 Å². The van der Waals surface area contributed by atoms with Crippen LogP contribution in [0.1, 0.15) is 17.4 Å². The van der Waals surface area contributed by atoms with E-state index in [1.54, 1.807) is 19.2 Å². The van der Waals surface area contributed by atoms with Crippen molar-refractivity contribution in [1.82, 2.24) is 15.0 Å². The zero-order valence-electron chi connectivity index (χ0n) is 8.63. The third kappa shape index (κ3) is 1.81. The molecule has 1 heterocycles. The summed E-state index contributed by atoms with van der Waals surface area (Å²) in [5.41, 5.74) is 7.58. The maximum atomic E-state index is 10.2. The van der Waals surface area contributed by atoms with Gasteiger partial charge in [-0.05, 0) is 22.0 Å². The van der Waals surface area contributed by atoms with Crippen LogP contribution in [0.5, 0.6) is 0 Å². The van der Waals surface area contributed by atoms with Gasteiger partial charge in [-0.25, -0.2) is 4.68 Å². The van der Waals surface area contributed by atoms with Gasteiger partial charge in [0.05, 0.1) is 0 Å². The van der Waals surface area contributed by atoms with Gasteiger partial charge in [-0.2, -0.15) is 0 Å². The monoisotopic (exact) mass is 282 g/mol. The molecule has 3 N–H and O–H groups in total. The molecule has 0 spiro atoms. The van der Waals surface area contributed by atoms with E-state index in [0.29, 0.717) is 21.5 Å². The Morgan fingerprint density at radius 2 is 2.12 bits per heavy atom. The third-order valence-electron chi connectivity index (χ3n) is 2.38. The number of halogens is 1. The van der Waals surface area contributed by atoms with E-state index < -0.39 is 6.10 Å². The lowest BCUT2D eigenvalue weighted by molar-refractivity contribution is 0.209. The number of para-hydroxylation sites is 1. The van der Waals surface area contributed by atoms with E-state index in [1.165, 1.54) is 4.68 Å². The molecule has 0 aliphatic carbocycles. The smallest absolute Gasteiger partial charge is 0.154 e. The lowest BCUT2D eigenvalue weighted by Gasteiger charge is -2.13. The van der Waals surface area contributed by atoms with E-state index in [4.69, 9.17) is 5.73 Å². The fourth-order valence-corrected chi connectivity index (χ4v) is 2.08. The molecule has 2 rings (SSSR count). The van der Waals surface area contributed by atoms with Crippen LogP contribution < -0.4 is 5.73 Å². The SMILES string of the molecule is Cn1nnc(Br)c1C(O)c1ccccc1N. The molecule has 6 heteroatoms. The number of hydrogen-bond acceptors (Lipinski definition) is 4. The molecule has 1 unspecified atom stereocenters. The summed E-state index contributed by atoms with van der Waals surface area (Å²) < 4.78 is 2.03. The second-order valence-corrected chi connectivity index (χ2v) is 4.17. The van der Waals surface area contributed by atoms with Crippen molar-refractivity contribution in [2.24, 2.45) is 7.05 Å². The van der Waals surface area contributed by atoms with Gasteiger partial charge in [0.1, 0.15) is 11.8 Å². The number of nitrogens with two attached hydrogens (primary N) is 1. The van der Waals surface area contributed by atoms with Crippen LogP contribution in [0.25, 0.3) is 0 Å². The van der Waals surface area contributed by atoms with Crippen molar-refractivity contribution in [2.45, 2.75) is 6.10 Å². The molecular formula is C10H11BrN4O. The number of rotatable bonds is 2. The molecule has 84 valence electrons. The maximum Gasteiger partial charge on any atom is 0.154 e. The van der Waals surface area contributed by atoms with Crippen LogP contribution in [0.4, 0.5) is 5.69 Å². The van der Waals surface area contributed by atoms with E-state index in [2.05, 4.69) is 26.2 Å². The summed E-state index contributed by atoms with van der Waals surface area (Å²) in [4.78, 5) is 0. The number of nitrogen functional groups attached to an aromatic ring is 1. The second kappa shape index (κ2) is 4.23. The quantitative estimate of drug-likeness (QED) is 0.813. The first-order valence-corrected chi connectivity index (χ1v) is 5.48. The van der Waals surface area contributed by atoms with Gasteiger partial charge in [-0.1, -0.05) is 23.4 Å². The number of nitrogens with zero attached hydrogens (tertiary/aromatic N) is 3. The van der Waals surface area contributed by atoms with Crippen molar-refractivity contribution < 1.29 is 5.11 Å². The molecule has 0 saturated carbocycles. The summed E-state index contributed by atoms with van der Waals surface area (Å²) in [6, 6.07) is 7.17. The molecule has 1 atom stereocenters. The van der Waals surface area contributed by atoms with Gasteiger partial charge >= 0.3 is 0 Å². The van der Waals surface area contributed by atoms with Crippen LogP contribution in [-0.2, 0) is 7.05 Å². The van der Waals surface area contributed by atoms with Crippen LogP contribution in [0.3, 0.4) is 0 Å². The lowest BCUT2D eigenvalue weighted by Crippen LogP contribution is -2.09. The number of aromatic nitrogens is 3. The Morgan fingerprint density at radius 3 is 2.69 bits per heavy atom. The number of aryl methyl sites for hydroxylation is 1. The van der Waals surface area contributed by atoms with E-state index in [1.807, 2.05) is 12.1 Å². The lowest BCUT2D eigenvalue weighted by atomic mass is 10.1. The highest BCUT2D eigenvalue weighted by atomic mass is 79.9. The Bertz CT molecular complexity index is 492. The van der Waals surface area contributed by atoms with Crippen molar-refractivity contribution in [3.63, 3.8) is 0 Å². The van der Waals surface area contributed by atoms with Gasteiger partial charge in [0.25, 0.3) is 0 Å². The van der Waals surface area contributed by atoms with Gasteiger partial charge < -0.3 is 10.8 Å². The predicted molar refractivity (Wildman–Crippen MR) is 63.6 cm³/mol. The molecule has 0 radical (unpaired) electrons. The number of aliphatic hydroxyl groups is 1. The topological polar surface area (TPSA) is 77.0 Å². The molecule has 0 bridgehead atoms. The van der Waals surface area contributed by atoms with E-state index in [0.717, 1.165) is 0 Å². The van der Waals surface area contributed by atoms with Crippen LogP contribution >= 0.6 is 15.9 Å². The summed E-state index contributed by atoms with van der Waals surface area (Å²) in [6.07, 6.45) is -0.837. The Kier molecular flexibility index (Phi) is 2.93. The molecule has 0 aliphatic rings. The zero-order chi connectivity index (χ0) is 11.7. The summed E-state index contributed by atoms with van der Waals surface area (Å²) in [7, 11) is 1.72.